The van der Waals surface area contributed by atoms with Crippen LogP contribution in [0.15, 0.2) is 30.7 Å². The first kappa shape index (κ1) is 9.28. The van der Waals surface area contributed by atoms with Crippen LogP contribution in [-0.2, 0) is 0 Å². The highest BCUT2D eigenvalue weighted by Gasteiger charge is 2.05. The summed E-state index contributed by atoms with van der Waals surface area (Å²) in [6, 6.07) is 7.51. The van der Waals surface area contributed by atoms with Crippen molar-refractivity contribution in [1.82, 2.24) is 9.97 Å². The lowest BCUT2D eigenvalue weighted by molar-refractivity contribution is 0.413. The lowest BCUT2D eigenvalue weighted by Crippen LogP contribution is -1.88. The highest BCUT2D eigenvalue weighted by Crippen LogP contribution is 2.24. The first-order chi connectivity index (χ1) is 7.35. The van der Waals surface area contributed by atoms with E-state index in [1.165, 1.54) is 0 Å². The van der Waals surface area contributed by atoms with Crippen LogP contribution in [0, 0.1) is 11.3 Å². The van der Waals surface area contributed by atoms with E-state index in [0.717, 1.165) is 11.3 Å². The van der Waals surface area contributed by atoms with Crippen molar-refractivity contribution < 1.29 is 4.74 Å². The van der Waals surface area contributed by atoms with Crippen LogP contribution >= 0.6 is 0 Å². The van der Waals surface area contributed by atoms with Gasteiger partial charge in [0.15, 0.2) is 0 Å². The first-order valence-electron chi connectivity index (χ1n) is 4.42. The number of nitrogens with zero attached hydrogens (tertiary/aromatic N) is 2. The average molecular weight is 199 g/mol. The molecule has 0 aliphatic rings. The van der Waals surface area contributed by atoms with Gasteiger partial charge >= 0.3 is 0 Å². The molecule has 1 aromatic heterocycles. The zero-order valence-electron chi connectivity index (χ0n) is 8.19. The van der Waals surface area contributed by atoms with Gasteiger partial charge in [-0.25, -0.2) is 4.98 Å². The van der Waals surface area contributed by atoms with Gasteiger partial charge in [0.25, 0.3) is 0 Å². The molecule has 0 aliphatic carbocycles. The van der Waals surface area contributed by atoms with Crippen LogP contribution in [-0.4, -0.2) is 17.1 Å². The van der Waals surface area contributed by atoms with Gasteiger partial charge in [0.1, 0.15) is 11.8 Å². The molecule has 1 heterocycles. The minimum atomic E-state index is 0.518. The summed E-state index contributed by atoms with van der Waals surface area (Å²) in [6.45, 7) is 0. The summed E-state index contributed by atoms with van der Waals surface area (Å²) >= 11 is 0. The molecule has 0 saturated heterocycles. The summed E-state index contributed by atoms with van der Waals surface area (Å²) in [5.74, 6) is 0.584. The number of H-pyrrole nitrogens is 1. The van der Waals surface area contributed by atoms with Gasteiger partial charge in [0.05, 0.1) is 30.9 Å². The van der Waals surface area contributed by atoms with Gasteiger partial charge in [-0.15, -0.1) is 0 Å². The molecule has 4 heteroatoms. The van der Waals surface area contributed by atoms with E-state index < -0.39 is 0 Å². The Hall–Kier alpha value is -2.28. The van der Waals surface area contributed by atoms with Gasteiger partial charge in [0.2, 0.25) is 0 Å². The van der Waals surface area contributed by atoms with Crippen LogP contribution in [0.4, 0.5) is 0 Å². The second-order valence-electron chi connectivity index (χ2n) is 2.99. The molecule has 2 aromatic rings. The fraction of sp³-hybridized carbons (Fsp3) is 0.0909. The Morgan fingerprint density at radius 3 is 2.93 bits per heavy atom. The van der Waals surface area contributed by atoms with Gasteiger partial charge < -0.3 is 9.72 Å². The Balaban J connectivity index is 2.49. The quantitative estimate of drug-likeness (QED) is 0.804. The summed E-state index contributed by atoms with van der Waals surface area (Å²) in [5.41, 5.74) is 2.32. The number of nitriles is 1. The molecule has 2 rings (SSSR count). The van der Waals surface area contributed by atoms with Crippen LogP contribution in [0.1, 0.15) is 5.56 Å². The number of rotatable bonds is 2. The zero-order valence-corrected chi connectivity index (χ0v) is 8.19. The predicted octanol–water partition coefficient (Wildman–Crippen LogP) is 1.96. The van der Waals surface area contributed by atoms with E-state index in [1.807, 2.05) is 6.07 Å². The van der Waals surface area contributed by atoms with Crippen LogP contribution in [0.5, 0.6) is 5.75 Å². The second-order valence-corrected chi connectivity index (χ2v) is 2.99. The predicted molar refractivity (Wildman–Crippen MR) is 55.3 cm³/mol. The van der Waals surface area contributed by atoms with E-state index >= 15 is 0 Å². The number of ether oxygens (including phenoxy) is 1. The highest BCUT2D eigenvalue weighted by atomic mass is 16.5. The fourth-order valence-corrected chi connectivity index (χ4v) is 1.38. The lowest BCUT2D eigenvalue weighted by atomic mass is 10.1. The number of aromatic nitrogens is 2. The summed E-state index contributed by atoms with van der Waals surface area (Å²) in [4.78, 5) is 6.91. The molecular weight excluding hydrogens is 190 g/mol. The maximum atomic E-state index is 8.92. The lowest BCUT2D eigenvalue weighted by Gasteiger charge is -2.03. The molecule has 0 atom stereocenters. The SMILES string of the molecule is COc1ccc(-c2cnc[nH]2)cc1C#N. The maximum Gasteiger partial charge on any atom is 0.136 e. The van der Waals surface area contributed by atoms with Gasteiger partial charge in [-0.2, -0.15) is 5.26 Å². The first-order valence-corrected chi connectivity index (χ1v) is 4.42. The average Bonchev–Trinajstić information content (AvgIpc) is 2.81. The molecule has 0 spiro atoms. The van der Waals surface area contributed by atoms with E-state index in [9.17, 15) is 0 Å². The van der Waals surface area contributed by atoms with E-state index in [1.54, 1.807) is 31.8 Å². The van der Waals surface area contributed by atoms with Gasteiger partial charge in [0, 0.05) is 5.56 Å². The fourth-order valence-electron chi connectivity index (χ4n) is 1.38. The van der Waals surface area contributed by atoms with Crippen LogP contribution in [0.3, 0.4) is 0 Å². The number of imidazole rings is 1. The third-order valence-corrected chi connectivity index (χ3v) is 2.13. The third kappa shape index (κ3) is 1.67. The number of methoxy groups -OCH3 is 1. The molecule has 15 heavy (non-hydrogen) atoms. The van der Waals surface area contributed by atoms with Crippen LogP contribution in [0.2, 0.25) is 0 Å². The van der Waals surface area contributed by atoms with Crippen molar-refractivity contribution in [1.29, 1.82) is 5.26 Å². The minimum Gasteiger partial charge on any atom is -0.495 e. The Bertz CT molecular complexity index is 497. The number of aromatic amines is 1. The number of benzene rings is 1. The Kier molecular flexibility index (Phi) is 2.38. The molecule has 0 saturated carbocycles. The third-order valence-electron chi connectivity index (χ3n) is 2.13. The number of nitrogens with one attached hydrogen (secondary N) is 1. The maximum absolute atomic E-state index is 8.92. The van der Waals surface area contributed by atoms with E-state index in [-0.39, 0.29) is 0 Å². The number of hydrogen-bond acceptors (Lipinski definition) is 3. The second kappa shape index (κ2) is 3.84. The van der Waals surface area contributed by atoms with Crippen LogP contribution < -0.4 is 4.74 Å². The van der Waals surface area contributed by atoms with Gasteiger partial charge in [-0.1, -0.05) is 0 Å². The van der Waals surface area contributed by atoms with Crippen molar-refractivity contribution in [3.63, 3.8) is 0 Å². The molecule has 0 amide bonds. The Morgan fingerprint density at radius 2 is 2.33 bits per heavy atom. The minimum absolute atomic E-state index is 0.518. The highest BCUT2D eigenvalue weighted by molar-refractivity contribution is 5.63. The summed E-state index contributed by atoms with van der Waals surface area (Å²) in [7, 11) is 1.55. The van der Waals surface area contributed by atoms with Crippen molar-refractivity contribution in [2.45, 2.75) is 0 Å². The van der Waals surface area contributed by atoms with Crippen molar-refractivity contribution in [2.24, 2.45) is 0 Å². The van der Waals surface area contributed by atoms with Gasteiger partial charge in [-0.05, 0) is 18.2 Å². The van der Waals surface area contributed by atoms with Crippen molar-refractivity contribution >= 4 is 0 Å². The standard InChI is InChI=1S/C11H9N3O/c1-15-11-3-2-8(4-9(11)5-12)10-6-13-7-14-10/h2-4,6-7H,1H3,(H,13,14). The van der Waals surface area contributed by atoms with Gasteiger partial charge in [-0.3, -0.25) is 0 Å². The molecule has 1 aromatic carbocycles. The van der Waals surface area contributed by atoms with Crippen molar-refractivity contribution in [3.8, 4) is 23.1 Å². The summed E-state index contributed by atoms with van der Waals surface area (Å²) in [6.07, 6.45) is 3.31. The topological polar surface area (TPSA) is 61.7 Å². The van der Waals surface area contributed by atoms with Crippen LogP contribution in [0.25, 0.3) is 11.3 Å². The molecule has 0 aliphatic heterocycles. The molecule has 0 radical (unpaired) electrons. The van der Waals surface area contributed by atoms with E-state index in [4.69, 9.17) is 10.00 Å². The van der Waals surface area contributed by atoms with E-state index in [2.05, 4.69) is 16.0 Å². The van der Waals surface area contributed by atoms with Crippen molar-refractivity contribution in [3.05, 3.63) is 36.3 Å². The zero-order chi connectivity index (χ0) is 10.7. The molecule has 1 N–H and O–H groups in total. The molecule has 4 nitrogen and oxygen atoms in total. The summed E-state index contributed by atoms with van der Waals surface area (Å²) < 4.78 is 5.06. The molecule has 74 valence electrons. The molecule has 0 unspecified atom stereocenters. The smallest absolute Gasteiger partial charge is 0.136 e. The number of hydrogen-bond donors (Lipinski definition) is 1. The largest absolute Gasteiger partial charge is 0.495 e. The molecule has 0 bridgehead atoms. The van der Waals surface area contributed by atoms with E-state index in [0.29, 0.717) is 11.3 Å². The normalized spacial score (nSPS) is 9.60. The van der Waals surface area contributed by atoms with Crippen molar-refractivity contribution in [2.75, 3.05) is 7.11 Å². The summed E-state index contributed by atoms with van der Waals surface area (Å²) in [5, 5.41) is 8.92. The molecule has 0 fully saturated rings. The Labute approximate surface area is 87.2 Å². The Morgan fingerprint density at radius 1 is 1.47 bits per heavy atom. The molecular formula is C11H9N3O. The monoisotopic (exact) mass is 199 g/mol.